The van der Waals surface area contributed by atoms with Gasteiger partial charge in [-0.05, 0) is 12.8 Å². The SMILES string of the molecule is O=C(OCC(F)(F)C(F)F)C1CCCCC1. The van der Waals surface area contributed by atoms with Gasteiger partial charge in [-0.1, -0.05) is 19.3 Å². The molecule has 0 atom stereocenters. The van der Waals surface area contributed by atoms with Crippen LogP contribution in [0.4, 0.5) is 17.6 Å². The molecule has 0 aromatic rings. The molecular weight excluding hydrogens is 228 g/mol. The van der Waals surface area contributed by atoms with Crippen LogP contribution in [-0.4, -0.2) is 24.9 Å². The van der Waals surface area contributed by atoms with E-state index in [0.29, 0.717) is 12.8 Å². The molecule has 1 aliphatic carbocycles. The molecule has 0 unspecified atom stereocenters. The van der Waals surface area contributed by atoms with Crippen LogP contribution in [0.3, 0.4) is 0 Å². The molecule has 0 bridgehead atoms. The average molecular weight is 242 g/mol. The second-order valence-corrected chi connectivity index (χ2v) is 4.00. The van der Waals surface area contributed by atoms with Crippen LogP contribution in [0, 0.1) is 5.92 Å². The van der Waals surface area contributed by atoms with Crippen LogP contribution in [0.25, 0.3) is 0 Å². The normalized spacial score (nSPS) is 18.8. The average Bonchev–Trinajstić information content (AvgIpc) is 2.27. The second kappa shape index (κ2) is 5.50. The highest BCUT2D eigenvalue weighted by Crippen LogP contribution is 2.27. The first-order chi connectivity index (χ1) is 7.43. The first kappa shape index (κ1) is 13.3. The molecule has 1 aliphatic rings. The quantitative estimate of drug-likeness (QED) is 0.559. The Morgan fingerprint density at radius 3 is 2.31 bits per heavy atom. The molecule has 1 saturated carbocycles. The zero-order valence-electron chi connectivity index (χ0n) is 8.73. The Hall–Kier alpha value is -0.810. The minimum Gasteiger partial charge on any atom is -0.459 e. The van der Waals surface area contributed by atoms with Gasteiger partial charge in [0, 0.05) is 0 Å². The van der Waals surface area contributed by atoms with Gasteiger partial charge in [0.25, 0.3) is 0 Å². The number of halogens is 4. The summed E-state index contributed by atoms with van der Waals surface area (Å²) in [6, 6.07) is 0. The van der Waals surface area contributed by atoms with Crippen molar-refractivity contribution in [1.82, 2.24) is 0 Å². The smallest absolute Gasteiger partial charge is 0.340 e. The lowest BCUT2D eigenvalue weighted by molar-refractivity contribution is -0.183. The van der Waals surface area contributed by atoms with E-state index >= 15 is 0 Å². The number of ether oxygens (including phenoxy) is 1. The Morgan fingerprint density at radius 2 is 1.81 bits per heavy atom. The first-order valence-electron chi connectivity index (χ1n) is 5.26. The van der Waals surface area contributed by atoms with Gasteiger partial charge >= 0.3 is 18.3 Å². The van der Waals surface area contributed by atoms with Crippen LogP contribution >= 0.6 is 0 Å². The summed E-state index contributed by atoms with van der Waals surface area (Å²) in [6.07, 6.45) is 0.108. The first-order valence-corrected chi connectivity index (χ1v) is 5.26. The minimum absolute atomic E-state index is 0.401. The topological polar surface area (TPSA) is 26.3 Å². The number of alkyl halides is 4. The number of hydrogen-bond donors (Lipinski definition) is 0. The van der Waals surface area contributed by atoms with Crippen molar-refractivity contribution in [3.05, 3.63) is 0 Å². The molecule has 0 N–H and O–H groups in total. The number of esters is 1. The second-order valence-electron chi connectivity index (χ2n) is 4.00. The number of rotatable bonds is 4. The third-order valence-electron chi connectivity index (χ3n) is 2.66. The molecule has 1 fully saturated rings. The summed E-state index contributed by atoms with van der Waals surface area (Å²) in [5, 5.41) is 0. The lowest BCUT2D eigenvalue weighted by Crippen LogP contribution is -2.35. The van der Waals surface area contributed by atoms with Crippen molar-refractivity contribution in [2.24, 2.45) is 5.92 Å². The van der Waals surface area contributed by atoms with Gasteiger partial charge in [-0.2, -0.15) is 8.78 Å². The predicted octanol–water partition coefficient (Wildman–Crippen LogP) is 3.01. The molecule has 1 rings (SSSR count). The van der Waals surface area contributed by atoms with E-state index < -0.39 is 30.8 Å². The van der Waals surface area contributed by atoms with Crippen molar-refractivity contribution >= 4 is 5.97 Å². The van der Waals surface area contributed by atoms with E-state index in [9.17, 15) is 22.4 Å². The van der Waals surface area contributed by atoms with Crippen molar-refractivity contribution in [3.63, 3.8) is 0 Å². The monoisotopic (exact) mass is 242 g/mol. The zero-order chi connectivity index (χ0) is 12.2. The van der Waals surface area contributed by atoms with E-state index in [1.54, 1.807) is 0 Å². The molecule has 0 spiro atoms. The largest absolute Gasteiger partial charge is 0.459 e. The molecule has 0 aliphatic heterocycles. The van der Waals surface area contributed by atoms with Gasteiger partial charge in [0.2, 0.25) is 0 Å². The van der Waals surface area contributed by atoms with Crippen LogP contribution in [0.1, 0.15) is 32.1 Å². The summed E-state index contributed by atoms with van der Waals surface area (Å²) < 4.78 is 52.7. The summed E-state index contributed by atoms with van der Waals surface area (Å²) in [7, 11) is 0. The van der Waals surface area contributed by atoms with E-state index in [1.165, 1.54) is 0 Å². The highest BCUT2D eigenvalue weighted by atomic mass is 19.3. The third-order valence-corrected chi connectivity index (χ3v) is 2.66. The maximum Gasteiger partial charge on any atom is 0.340 e. The summed E-state index contributed by atoms with van der Waals surface area (Å²) in [4.78, 5) is 11.3. The fourth-order valence-corrected chi connectivity index (χ4v) is 1.69. The van der Waals surface area contributed by atoms with Gasteiger partial charge in [-0.15, -0.1) is 0 Å². The molecule has 94 valence electrons. The van der Waals surface area contributed by atoms with Gasteiger partial charge in [-0.25, -0.2) is 8.78 Å². The van der Waals surface area contributed by atoms with Crippen LogP contribution < -0.4 is 0 Å². The fourth-order valence-electron chi connectivity index (χ4n) is 1.69. The van der Waals surface area contributed by atoms with Crippen LogP contribution in [-0.2, 0) is 9.53 Å². The fraction of sp³-hybridized carbons (Fsp3) is 0.900. The highest BCUT2D eigenvalue weighted by molar-refractivity contribution is 5.72. The van der Waals surface area contributed by atoms with E-state index in [2.05, 4.69) is 4.74 Å². The highest BCUT2D eigenvalue weighted by Gasteiger charge is 2.42. The van der Waals surface area contributed by atoms with Gasteiger partial charge < -0.3 is 4.74 Å². The lowest BCUT2D eigenvalue weighted by atomic mass is 9.89. The Balaban J connectivity index is 2.34. The molecule has 0 amide bonds. The van der Waals surface area contributed by atoms with Gasteiger partial charge in [0.05, 0.1) is 5.92 Å². The zero-order valence-corrected chi connectivity index (χ0v) is 8.73. The van der Waals surface area contributed by atoms with Crippen molar-refractivity contribution < 1.29 is 27.1 Å². The van der Waals surface area contributed by atoms with E-state index in [1.807, 2.05) is 0 Å². The van der Waals surface area contributed by atoms with Crippen molar-refractivity contribution in [1.29, 1.82) is 0 Å². The predicted molar refractivity (Wildman–Crippen MR) is 48.5 cm³/mol. The maximum absolute atomic E-state index is 12.4. The molecule has 16 heavy (non-hydrogen) atoms. The van der Waals surface area contributed by atoms with Crippen LogP contribution in [0.15, 0.2) is 0 Å². The summed E-state index contributed by atoms with van der Waals surface area (Å²) in [6.45, 7) is -1.53. The van der Waals surface area contributed by atoms with Gasteiger partial charge in [0.15, 0.2) is 6.61 Å². The minimum atomic E-state index is -4.25. The van der Waals surface area contributed by atoms with E-state index in [0.717, 1.165) is 19.3 Å². The number of carbonyl (C=O) groups excluding carboxylic acids is 1. The lowest BCUT2D eigenvalue weighted by Gasteiger charge is -2.21. The Morgan fingerprint density at radius 1 is 1.25 bits per heavy atom. The van der Waals surface area contributed by atoms with E-state index in [-0.39, 0.29) is 0 Å². The van der Waals surface area contributed by atoms with Crippen LogP contribution in [0.2, 0.25) is 0 Å². The Kier molecular flexibility index (Phi) is 4.56. The van der Waals surface area contributed by atoms with Crippen molar-refractivity contribution in [2.75, 3.05) is 6.61 Å². The molecular formula is C10H14F4O2. The molecule has 2 nitrogen and oxygen atoms in total. The molecule has 0 radical (unpaired) electrons. The molecule has 0 saturated heterocycles. The molecule has 6 heteroatoms. The standard InChI is InChI=1S/C10H14F4O2/c11-9(12)10(13,14)6-16-8(15)7-4-2-1-3-5-7/h7,9H,1-6H2. The number of carbonyl (C=O) groups is 1. The van der Waals surface area contributed by atoms with Gasteiger partial charge in [0.1, 0.15) is 0 Å². The maximum atomic E-state index is 12.4. The summed E-state index contributed by atoms with van der Waals surface area (Å²) in [5.74, 6) is -5.42. The number of hydrogen-bond acceptors (Lipinski definition) is 2. The summed E-state index contributed by atoms with van der Waals surface area (Å²) >= 11 is 0. The van der Waals surface area contributed by atoms with Gasteiger partial charge in [-0.3, -0.25) is 4.79 Å². The molecule has 0 heterocycles. The van der Waals surface area contributed by atoms with E-state index in [4.69, 9.17) is 0 Å². The van der Waals surface area contributed by atoms with Crippen molar-refractivity contribution in [2.45, 2.75) is 44.5 Å². The van der Waals surface area contributed by atoms with Crippen LogP contribution in [0.5, 0.6) is 0 Å². The Bertz CT molecular complexity index is 237. The summed E-state index contributed by atoms with van der Waals surface area (Å²) in [5.41, 5.74) is 0. The molecule has 0 aromatic carbocycles. The molecule has 0 aromatic heterocycles. The Labute approximate surface area is 91.0 Å². The third kappa shape index (κ3) is 3.64. The van der Waals surface area contributed by atoms with Crippen molar-refractivity contribution in [3.8, 4) is 0 Å².